The molecule has 170 valence electrons. The van der Waals surface area contributed by atoms with Crippen LogP contribution in [0.4, 0.5) is 11.4 Å². The first kappa shape index (κ1) is 21.8. The fourth-order valence-electron chi connectivity index (χ4n) is 5.78. The van der Waals surface area contributed by atoms with Crippen LogP contribution in [0.5, 0.6) is 0 Å². The van der Waals surface area contributed by atoms with E-state index in [4.69, 9.17) is 11.6 Å². The van der Waals surface area contributed by atoms with Gasteiger partial charge in [-0.05, 0) is 55.5 Å². The molecule has 1 aliphatic carbocycles. The van der Waals surface area contributed by atoms with Crippen LogP contribution >= 0.6 is 11.6 Å². The van der Waals surface area contributed by atoms with E-state index in [0.29, 0.717) is 5.91 Å². The molecule has 2 aromatic rings. The van der Waals surface area contributed by atoms with Gasteiger partial charge in [-0.15, -0.1) is 0 Å². The number of halogens is 1. The quantitative estimate of drug-likeness (QED) is 0.623. The zero-order valence-corrected chi connectivity index (χ0v) is 19.6. The Kier molecular flexibility index (Phi) is 6.70. The number of aryl methyl sites for hydroxylation is 1. The number of fused-ring (bicyclic) bond motifs is 1. The topological polar surface area (TPSA) is 26.8 Å². The Balaban J connectivity index is 1.28. The highest BCUT2D eigenvalue weighted by molar-refractivity contribution is 6.30. The van der Waals surface area contributed by atoms with Crippen molar-refractivity contribution < 1.29 is 4.79 Å². The maximum Gasteiger partial charge on any atom is 0.230 e. The third kappa shape index (κ3) is 4.67. The standard InChI is InChI=1S/C27H34ClN3O/c28-23-10-6-11-24(19-23)30-17-15-29(16-18-30)20-25-14-13-21-7-4-5-12-26(21)31(25)27(32)22-8-2-1-3-9-22/h4-7,10-12,19,22,25H,1-3,8-9,13-18,20H2. The molecule has 5 rings (SSSR count). The summed E-state index contributed by atoms with van der Waals surface area (Å²) in [5, 5.41) is 0.794. The van der Waals surface area contributed by atoms with Crippen molar-refractivity contribution in [2.24, 2.45) is 5.92 Å². The molecule has 3 aliphatic rings. The molecule has 2 heterocycles. The molecule has 2 aromatic carbocycles. The van der Waals surface area contributed by atoms with E-state index in [1.54, 1.807) is 0 Å². The lowest BCUT2D eigenvalue weighted by atomic mass is 9.86. The SMILES string of the molecule is O=C(C1CCCCC1)N1c2ccccc2CCC1CN1CCN(c2cccc(Cl)c2)CC1. The van der Waals surface area contributed by atoms with Crippen molar-refractivity contribution in [1.82, 2.24) is 4.90 Å². The maximum absolute atomic E-state index is 13.7. The van der Waals surface area contributed by atoms with Gasteiger partial charge >= 0.3 is 0 Å². The van der Waals surface area contributed by atoms with Crippen molar-refractivity contribution in [2.45, 2.75) is 51.0 Å². The number of anilines is 2. The molecule has 2 fully saturated rings. The van der Waals surface area contributed by atoms with Gasteiger partial charge in [-0.2, -0.15) is 0 Å². The van der Waals surface area contributed by atoms with Gasteiger partial charge in [0.05, 0.1) is 0 Å². The summed E-state index contributed by atoms with van der Waals surface area (Å²) in [6, 6.07) is 17.0. The second-order valence-corrected chi connectivity index (χ2v) is 10.1. The minimum Gasteiger partial charge on any atom is -0.369 e. The fraction of sp³-hybridized carbons (Fsp3) is 0.519. The van der Waals surface area contributed by atoms with Crippen molar-refractivity contribution in [3.05, 3.63) is 59.1 Å². The molecule has 1 saturated heterocycles. The molecule has 4 nitrogen and oxygen atoms in total. The summed E-state index contributed by atoms with van der Waals surface area (Å²) < 4.78 is 0. The lowest BCUT2D eigenvalue weighted by molar-refractivity contribution is -0.124. The highest BCUT2D eigenvalue weighted by Crippen LogP contribution is 2.35. The van der Waals surface area contributed by atoms with Gasteiger partial charge in [-0.1, -0.05) is 55.1 Å². The summed E-state index contributed by atoms with van der Waals surface area (Å²) in [5.41, 5.74) is 3.70. The highest BCUT2D eigenvalue weighted by Gasteiger charge is 2.36. The summed E-state index contributed by atoms with van der Waals surface area (Å²) in [6.45, 7) is 5.02. The van der Waals surface area contributed by atoms with Crippen LogP contribution in [-0.2, 0) is 11.2 Å². The number of hydrogen-bond acceptors (Lipinski definition) is 3. The largest absolute Gasteiger partial charge is 0.369 e. The average molecular weight is 452 g/mol. The molecule has 0 spiro atoms. The Morgan fingerprint density at radius 2 is 1.69 bits per heavy atom. The third-order valence-corrected chi connectivity index (χ3v) is 7.80. The third-order valence-electron chi connectivity index (χ3n) is 7.57. The summed E-state index contributed by atoms with van der Waals surface area (Å²) in [7, 11) is 0. The second kappa shape index (κ2) is 9.84. The van der Waals surface area contributed by atoms with Crippen molar-refractivity contribution in [3.63, 3.8) is 0 Å². The minimum absolute atomic E-state index is 0.206. The van der Waals surface area contributed by atoms with Crippen LogP contribution in [0, 0.1) is 5.92 Å². The highest BCUT2D eigenvalue weighted by atomic mass is 35.5. The minimum atomic E-state index is 0.206. The van der Waals surface area contributed by atoms with Gasteiger partial charge in [0.1, 0.15) is 0 Å². The van der Waals surface area contributed by atoms with Crippen LogP contribution in [0.15, 0.2) is 48.5 Å². The molecule has 32 heavy (non-hydrogen) atoms. The van der Waals surface area contributed by atoms with Gasteiger partial charge in [0.25, 0.3) is 0 Å². The average Bonchev–Trinajstić information content (AvgIpc) is 2.84. The second-order valence-electron chi connectivity index (χ2n) is 9.63. The van der Waals surface area contributed by atoms with E-state index < -0.39 is 0 Å². The van der Waals surface area contributed by atoms with Crippen LogP contribution in [0.1, 0.15) is 44.1 Å². The van der Waals surface area contributed by atoms with E-state index in [2.05, 4.69) is 51.1 Å². The number of carbonyl (C=O) groups excluding carboxylic acids is 1. The smallest absolute Gasteiger partial charge is 0.230 e. The van der Waals surface area contributed by atoms with Crippen molar-refractivity contribution in [3.8, 4) is 0 Å². The van der Waals surface area contributed by atoms with Gasteiger partial charge in [0.2, 0.25) is 5.91 Å². The van der Waals surface area contributed by atoms with E-state index in [1.807, 2.05) is 12.1 Å². The summed E-state index contributed by atoms with van der Waals surface area (Å²) in [5.74, 6) is 0.580. The number of nitrogens with zero attached hydrogens (tertiary/aromatic N) is 3. The molecule has 0 N–H and O–H groups in total. The van der Waals surface area contributed by atoms with Gasteiger partial charge in [-0.25, -0.2) is 0 Å². The lowest BCUT2D eigenvalue weighted by Gasteiger charge is -2.43. The number of carbonyl (C=O) groups is 1. The Morgan fingerprint density at radius 1 is 0.906 bits per heavy atom. The Labute approximate surface area is 197 Å². The molecular formula is C27H34ClN3O. The Hall–Kier alpha value is -2.04. The predicted octanol–water partition coefficient (Wildman–Crippen LogP) is 5.39. The fourth-order valence-corrected chi connectivity index (χ4v) is 5.97. The number of benzene rings is 2. The molecule has 1 atom stereocenters. The first-order valence-corrected chi connectivity index (χ1v) is 12.7. The number of piperazine rings is 1. The van der Waals surface area contributed by atoms with Gasteiger partial charge in [-0.3, -0.25) is 9.69 Å². The summed E-state index contributed by atoms with van der Waals surface area (Å²) >= 11 is 6.20. The van der Waals surface area contributed by atoms with Crippen LogP contribution < -0.4 is 9.80 Å². The van der Waals surface area contributed by atoms with Crippen molar-refractivity contribution in [1.29, 1.82) is 0 Å². The maximum atomic E-state index is 13.7. The van der Waals surface area contributed by atoms with E-state index >= 15 is 0 Å². The number of amides is 1. The van der Waals surface area contributed by atoms with Crippen LogP contribution in [0.25, 0.3) is 0 Å². The Morgan fingerprint density at radius 3 is 2.47 bits per heavy atom. The lowest BCUT2D eigenvalue weighted by Crippen LogP contribution is -2.55. The van der Waals surface area contributed by atoms with Crippen molar-refractivity contribution >= 4 is 28.9 Å². The molecule has 1 amide bonds. The van der Waals surface area contributed by atoms with Gasteiger partial charge in [0, 0.05) is 61.1 Å². The molecule has 0 radical (unpaired) electrons. The molecule has 5 heteroatoms. The van der Waals surface area contributed by atoms with Gasteiger partial charge in [0.15, 0.2) is 0 Å². The molecular weight excluding hydrogens is 418 g/mol. The van der Waals surface area contributed by atoms with Gasteiger partial charge < -0.3 is 9.80 Å². The van der Waals surface area contributed by atoms with Crippen LogP contribution in [0.3, 0.4) is 0 Å². The first-order chi connectivity index (χ1) is 15.7. The van der Waals surface area contributed by atoms with Crippen molar-refractivity contribution in [2.75, 3.05) is 42.5 Å². The number of hydrogen-bond donors (Lipinski definition) is 0. The molecule has 2 aliphatic heterocycles. The first-order valence-electron chi connectivity index (χ1n) is 12.3. The molecule has 0 bridgehead atoms. The Bertz CT molecular complexity index is 934. The number of para-hydroxylation sites is 1. The summed E-state index contributed by atoms with van der Waals surface area (Å²) in [4.78, 5) is 20.9. The molecule has 1 unspecified atom stereocenters. The van der Waals surface area contributed by atoms with E-state index in [9.17, 15) is 4.79 Å². The monoisotopic (exact) mass is 451 g/mol. The van der Waals surface area contributed by atoms with Crippen LogP contribution in [-0.4, -0.2) is 49.6 Å². The zero-order valence-electron chi connectivity index (χ0n) is 18.9. The van der Waals surface area contributed by atoms with E-state index in [0.717, 1.165) is 69.1 Å². The van der Waals surface area contributed by atoms with E-state index in [1.165, 1.54) is 30.5 Å². The number of rotatable bonds is 4. The predicted molar refractivity (Wildman–Crippen MR) is 133 cm³/mol. The zero-order chi connectivity index (χ0) is 21.9. The van der Waals surface area contributed by atoms with Crippen LogP contribution in [0.2, 0.25) is 5.02 Å². The van der Waals surface area contributed by atoms with E-state index in [-0.39, 0.29) is 12.0 Å². The molecule has 0 aromatic heterocycles. The summed E-state index contributed by atoms with van der Waals surface area (Å²) in [6.07, 6.45) is 7.91. The normalized spacial score (nSPS) is 22.6. The molecule has 1 saturated carbocycles.